The van der Waals surface area contributed by atoms with Gasteiger partial charge in [-0.1, -0.05) is 103 Å². The lowest BCUT2D eigenvalue weighted by molar-refractivity contribution is -0.158. The van der Waals surface area contributed by atoms with E-state index in [9.17, 15) is 10.2 Å². The highest BCUT2D eigenvalue weighted by Gasteiger charge is 2.65. The molecule has 342 valence electrons. The van der Waals surface area contributed by atoms with Crippen molar-refractivity contribution in [1.82, 2.24) is 0 Å². The molecule has 0 aromatic heterocycles. The van der Waals surface area contributed by atoms with E-state index >= 15 is 0 Å². The molecule has 64 heavy (non-hydrogen) atoms. The van der Waals surface area contributed by atoms with Crippen LogP contribution in [0.3, 0.4) is 0 Å². The number of hydrogen-bond acceptors (Lipinski definition) is 6. The van der Waals surface area contributed by atoms with Gasteiger partial charge < -0.3 is 29.2 Å². The predicted octanol–water partition coefficient (Wildman–Crippen LogP) is 12.1. The molecule has 0 amide bonds. The molecule has 11 unspecified atom stereocenters. The van der Waals surface area contributed by atoms with Crippen LogP contribution in [-0.2, 0) is 43.3 Å². The summed E-state index contributed by atoms with van der Waals surface area (Å²) in [5.41, 5.74) is 8.92. The standard InChI is InChI=1S/C58H74O6/c1-53(2)45-18-22-57(6)47(54(45,3)24-20-49(53)59)30-40-28-42(32-44(52(40)57)64-34-36-14-11-10-12-15-36)63-35-38-17-13-16-37(26-38)33-58(7)46-19-23-56(5)48(55(46,4)25-21-50(58)60)29-39-27-41(61-8)31-43(62-9)51(39)56/h10-17,26-28,31-32,45-50,59-60H,18-25,29-30,33-35H2,1-9H3. The lowest BCUT2D eigenvalue weighted by atomic mass is 9.42. The van der Waals surface area contributed by atoms with Crippen molar-refractivity contribution >= 4 is 0 Å². The molecule has 0 aliphatic heterocycles. The molecule has 0 bridgehead atoms. The molecule has 4 saturated carbocycles. The highest BCUT2D eigenvalue weighted by Crippen LogP contribution is 2.70. The summed E-state index contributed by atoms with van der Waals surface area (Å²) in [7, 11) is 3.54. The first-order valence-electron chi connectivity index (χ1n) is 24.6. The van der Waals surface area contributed by atoms with E-state index in [1.165, 1.54) is 27.8 Å². The summed E-state index contributed by atoms with van der Waals surface area (Å²) in [5, 5.41) is 23.2. The van der Waals surface area contributed by atoms with Gasteiger partial charge in [0.15, 0.2) is 0 Å². The minimum absolute atomic E-state index is 0.00712. The van der Waals surface area contributed by atoms with Crippen molar-refractivity contribution in [1.29, 1.82) is 0 Å². The molecule has 6 heteroatoms. The van der Waals surface area contributed by atoms with E-state index in [-0.39, 0.29) is 44.7 Å². The van der Waals surface area contributed by atoms with Crippen LogP contribution < -0.4 is 18.9 Å². The van der Waals surface area contributed by atoms with Gasteiger partial charge >= 0.3 is 0 Å². The number of aliphatic hydroxyl groups is 2. The number of hydrogen-bond donors (Lipinski definition) is 2. The van der Waals surface area contributed by atoms with Crippen LogP contribution in [0.1, 0.15) is 139 Å². The van der Waals surface area contributed by atoms with Crippen LogP contribution in [0.4, 0.5) is 0 Å². The average molecular weight is 867 g/mol. The third-order valence-electron chi connectivity index (χ3n) is 19.8. The fraction of sp³-hybridized carbons (Fsp3) is 0.586. The van der Waals surface area contributed by atoms with Crippen molar-refractivity contribution in [3.63, 3.8) is 0 Å². The first-order chi connectivity index (χ1) is 30.5. The van der Waals surface area contributed by atoms with Crippen molar-refractivity contribution in [3.05, 3.63) is 118 Å². The highest BCUT2D eigenvalue weighted by atomic mass is 16.5. The molecule has 0 radical (unpaired) electrons. The van der Waals surface area contributed by atoms with E-state index in [1.807, 2.05) is 0 Å². The van der Waals surface area contributed by atoms with Crippen LogP contribution in [0.2, 0.25) is 0 Å². The van der Waals surface area contributed by atoms with Crippen LogP contribution in [0, 0.1) is 45.3 Å². The van der Waals surface area contributed by atoms with Gasteiger partial charge in [-0.3, -0.25) is 0 Å². The average Bonchev–Trinajstić information content (AvgIpc) is 3.77. The summed E-state index contributed by atoms with van der Waals surface area (Å²) in [4.78, 5) is 0. The Kier molecular flexibility index (Phi) is 10.7. The van der Waals surface area contributed by atoms with E-state index in [4.69, 9.17) is 18.9 Å². The zero-order valence-corrected chi connectivity index (χ0v) is 40.2. The molecule has 4 aromatic rings. The maximum atomic E-state index is 12.0. The van der Waals surface area contributed by atoms with Gasteiger partial charge in [-0.05, 0) is 150 Å². The Balaban J connectivity index is 0.906. The minimum atomic E-state index is -0.359. The van der Waals surface area contributed by atoms with Gasteiger partial charge in [0.1, 0.15) is 36.2 Å². The highest BCUT2D eigenvalue weighted by molar-refractivity contribution is 5.57. The fourth-order valence-electron chi connectivity index (χ4n) is 16.7. The molecule has 6 nitrogen and oxygen atoms in total. The van der Waals surface area contributed by atoms with E-state index in [0.29, 0.717) is 36.9 Å². The van der Waals surface area contributed by atoms with Gasteiger partial charge in [-0.2, -0.15) is 0 Å². The zero-order valence-electron chi connectivity index (χ0n) is 40.2. The molecule has 6 aliphatic carbocycles. The first-order valence-corrected chi connectivity index (χ1v) is 24.6. The van der Waals surface area contributed by atoms with Crippen LogP contribution >= 0.6 is 0 Å². The Morgan fingerprint density at radius 1 is 0.516 bits per heavy atom. The van der Waals surface area contributed by atoms with Crippen molar-refractivity contribution in [2.75, 3.05) is 14.2 Å². The molecule has 4 aromatic carbocycles. The van der Waals surface area contributed by atoms with E-state index in [0.717, 1.165) is 105 Å². The second-order valence-corrected chi connectivity index (χ2v) is 23.4. The van der Waals surface area contributed by atoms with Crippen molar-refractivity contribution < 1.29 is 29.2 Å². The van der Waals surface area contributed by atoms with E-state index in [1.54, 1.807) is 14.2 Å². The van der Waals surface area contributed by atoms with Crippen LogP contribution in [0.15, 0.2) is 78.9 Å². The molecule has 0 saturated heterocycles. The monoisotopic (exact) mass is 867 g/mol. The van der Waals surface area contributed by atoms with Gasteiger partial charge in [0.25, 0.3) is 0 Å². The summed E-state index contributed by atoms with van der Waals surface area (Å²) < 4.78 is 25.4. The molecule has 0 heterocycles. The largest absolute Gasteiger partial charge is 0.497 e. The fourth-order valence-corrected chi connectivity index (χ4v) is 16.7. The van der Waals surface area contributed by atoms with Crippen LogP contribution in [0.5, 0.6) is 23.0 Å². The van der Waals surface area contributed by atoms with E-state index in [2.05, 4.69) is 127 Å². The number of rotatable bonds is 10. The van der Waals surface area contributed by atoms with Crippen LogP contribution in [0.25, 0.3) is 0 Å². The summed E-state index contributed by atoms with van der Waals surface area (Å²) in [5.74, 6) is 5.44. The number of ether oxygens (including phenoxy) is 4. The smallest absolute Gasteiger partial charge is 0.127 e. The molecule has 2 N–H and O–H groups in total. The van der Waals surface area contributed by atoms with Gasteiger partial charge in [0.05, 0.1) is 26.4 Å². The molecule has 10 rings (SSSR count). The number of fused-ring (bicyclic) bond motifs is 10. The second kappa shape index (κ2) is 15.5. The summed E-state index contributed by atoms with van der Waals surface area (Å²) in [6.07, 6.45) is 10.4. The molecular formula is C58H74O6. The topological polar surface area (TPSA) is 77.4 Å². The maximum Gasteiger partial charge on any atom is 0.127 e. The Morgan fingerprint density at radius 3 is 1.75 bits per heavy atom. The number of aliphatic hydroxyl groups excluding tert-OH is 2. The number of benzene rings is 4. The summed E-state index contributed by atoms with van der Waals surface area (Å²) in [6.45, 7) is 18.1. The van der Waals surface area contributed by atoms with Gasteiger partial charge in [-0.15, -0.1) is 0 Å². The van der Waals surface area contributed by atoms with Gasteiger partial charge in [0.2, 0.25) is 0 Å². The van der Waals surface area contributed by atoms with Crippen molar-refractivity contribution in [2.45, 2.75) is 155 Å². The Hall–Kier alpha value is -4.00. The normalized spacial score (nSPS) is 36.7. The van der Waals surface area contributed by atoms with Gasteiger partial charge in [0, 0.05) is 39.5 Å². The second-order valence-electron chi connectivity index (χ2n) is 23.4. The molecule has 0 spiro atoms. The Morgan fingerprint density at radius 2 is 1.08 bits per heavy atom. The maximum absolute atomic E-state index is 12.0. The van der Waals surface area contributed by atoms with Crippen molar-refractivity contribution in [3.8, 4) is 23.0 Å². The first kappa shape index (κ1) is 43.9. The third-order valence-corrected chi connectivity index (χ3v) is 19.8. The van der Waals surface area contributed by atoms with Crippen molar-refractivity contribution in [2.24, 2.45) is 45.3 Å². The van der Waals surface area contributed by atoms with Crippen LogP contribution in [-0.4, -0.2) is 36.6 Å². The molecule has 11 atom stereocenters. The minimum Gasteiger partial charge on any atom is -0.497 e. The predicted molar refractivity (Wildman–Crippen MR) is 254 cm³/mol. The van der Waals surface area contributed by atoms with E-state index < -0.39 is 0 Å². The SMILES string of the molecule is COc1cc2c(c(OC)c1)C1(C)CCC3C(C)(Cc4cccc(COc5cc6c(c(OCc7ccccc7)c5)C5(C)CCC7C(C)(C)C(O)CCC7(C)C5C6)c4)C(O)CCC3(C)C1C2. The zero-order chi connectivity index (χ0) is 45.0. The Labute approximate surface area is 383 Å². The third kappa shape index (κ3) is 6.60. The molecular weight excluding hydrogens is 793 g/mol. The quantitative estimate of drug-likeness (QED) is 0.165. The molecule has 4 fully saturated rings. The number of methoxy groups -OCH3 is 2. The molecule has 6 aliphatic rings. The lowest BCUT2D eigenvalue weighted by Gasteiger charge is -2.63. The lowest BCUT2D eigenvalue weighted by Crippen LogP contribution is -2.60. The van der Waals surface area contributed by atoms with Gasteiger partial charge in [-0.25, -0.2) is 0 Å². The summed E-state index contributed by atoms with van der Waals surface area (Å²) >= 11 is 0. The summed E-state index contributed by atoms with van der Waals surface area (Å²) in [6, 6.07) is 28.3. The Bertz CT molecular complexity index is 2410.